The molecule has 1 aliphatic carbocycles. The molecule has 1 saturated carbocycles. The van der Waals surface area contributed by atoms with E-state index in [-0.39, 0.29) is 0 Å². The molecule has 0 radical (unpaired) electrons. The van der Waals surface area contributed by atoms with E-state index in [0.717, 1.165) is 28.7 Å². The summed E-state index contributed by atoms with van der Waals surface area (Å²) in [4.78, 5) is 7.07. The zero-order valence-electron chi connectivity index (χ0n) is 17.2. The quantitative estimate of drug-likeness (QED) is 0.350. The largest absolute Gasteiger partial charge is 0.340 e. The van der Waals surface area contributed by atoms with E-state index in [1.807, 2.05) is 24.4 Å². The van der Waals surface area contributed by atoms with E-state index in [2.05, 4.69) is 46.3 Å². The lowest BCUT2D eigenvalue weighted by Crippen LogP contribution is -2.18. The molecule has 1 fully saturated rings. The van der Waals surface area contributed by atoms with Gasteiger partial charge in [0, 0.05) is 22.6 Å². The second-order valence-corrected chi connectivity index (χ2v) is 8.80. The van der Waals surface area contributed by atoms with Crippen LogP contribution in [0.3, 0.4) is 0 Å². The lowest BCUT2D eigenvalue weighted by Gasteiger charge is -2.25. The molecule has 2 nitrogen and oxygen atoms in total. The van der Waals surface area contributed by atoms with Crippen molar-refractivity contribution in [3.8, 4) is 0 Å². The van der Waals surface area contributed by atoms with Crippen LogP contribution in [0.15, 0.2) is 60.8 Å². The molecular formula is C26H31ClN2. The van der Waals surface area contributed by atoms with Crippen LogP contribution >= 0.6 is 11.6 Å². The molecule has 0 amide bonds. The number of unbranched alkanes of at least 4 members (excludes halogenated alkanes) is 2. The number of para-hydroxylation sites is 1. The monoisotopic (exact) mass is 406 g/mol. The van der Waals surface area contributed by atoms with Crippen LogP contribution < -0.4 is 4.90 Å². The number of anilines is 2. The fourth-order valence-corrected chi connectivity index (χ4v) is 4.72. The minimum Gasteiger partial charge on any atom is -0.340 e. The lowest BCUT2D eigenvalue weighted by molar-refractivity contribution is 0.329. The van der Waals surface area contributed by atoms with E-state index in [9.17, 15) is 0 Å². The molecule has 0 bridgehead atoms. The van der Waals surface area contributed by atoms with Crippen LogP contribution in [0.5, 0.6) is 0 Å². The molecule has 4 rings (SSSR count). The van der Waals surface area contributed by atoms with Crippen molar-refractivity contribution in [3.05, 3.63) is 65.8 Å². The summed E-state index contributed by atoms with van der Waals surface area (Å²) < 4.78 is 0. The van der Waals surface area contributed by atoms with E-state index in [4.69, 9.17) is 11.6 Å². The molecule has 3 heteroatoms. The molecule has 0 N–H and O–H groups in total. The Balaban J connectivity index is 1.42. The first-order valence-corrected chi connectivity index (χ1v) is 11.6. The van der Waals surface area contributed by atoms with Crippen LogP contribution in [0.2, 0.25) is 5.02 Å². The Bertz CT molecular complexity index is 900. The average molecular weight is 407 g/mol. The third kappa shape index (κ3) is 5.51. The lowest BCUT2D eigenvalue weighted by atomic mass is 9.85. The highest BCUT2D eigenvalue weighted by Gasteiger charge is 2.14. The molecule has 1 aliphatic rings. The highest BCUT2D eigenvalue weighted by molar-refractivity contribution is 6.30. The molecule has 3 aromatic rings. The maximum Gasteiger partial charge on any atom is 0.0703 e. The minimum absolute atomic E-state index is 0.776. The van der Waals surface area contributed by atoms with Gasteiger partial charge in [-0.1, -0.05) is 81.2 Å². The molecule has 0 unspecified atom stereocenters. The maximum atomic E-state index is 6.13. The van der Waals surface area contributed by atoms with Gasteiger partial charge in [0.2, 0.25) is 0 Å². The van der Waals surface area contributed by atoms with Gasteiger partial charge in [-0.25, -0.2) is 0 Å². The zero-order chi connectivity index (χ0) is 19.9. The van der Waals surface area contributed by atoms with Gasteiger partial charge in [0.05, 0.1) is 17.4 Å². The van der Waals surface area contributed by atoms with E-state index in [1.165, 1.54) is 68.9 Å². The van der Waals surface area contributed by atoms with Crippen LogP contribution in [0.4, 0.5) is 11.4 Å². The topological polar surface area (TPSA) is 16.1 Å². The van der Waals surface area contributed by atoms with Gasteiger partial charge >= 0.3 is 0 Å². The summed E-state index contributed by atoms with van der Waals surface area (Å²) in [5, 5.41) is 1.96. The molecule has 29 heavy (non-hydrogen) atoms. The van der Waals surface area contributed by atoms with Crippen molar-refractivity contribution in [2.45, 2.75) is 57.8 Å². The van der Waals surface area contributed by atoms with Gasteiger partial charge in [-0.15, -0.1) is 0 Å². The molecular weight excluding hydrogens is 376 g/mol. The second-order valence-electron chi connectivity index (χ2n) is 8.37. The Morgan fingerprint density at radius 3 is 2.48 bits per heavy atom. The molecule has 0 saturated heterocycles. The fraction of sp³-hybridized carbons (Fsp3) is 0.423. The SMILES string of the molecule is Clc1ccc(N(CCCCCC2CCCCC2)c2cnc3ccccc3c2)cc1. The zero-order valence-corrected chi connectivity index (χ0v) is 18.0. The average Bonchev–Trinajstić information content (AvgIpc) is 2.77. The molecule has 2 aromatic carbocycles. The van der Waals surface area contributed by atoms with Crippen molar-refractivity contribution < 1.29 is 0 Å². The number of hydrogen-bond acceptors (Lipinski definition) is 2. The summed E-state index contributed by atoms with van der Waals surface area (Å²) in [5.41, 5.74) is 3.37. The third-order valence-electron chi connectivity index (χ3n) is 6.24. The van der Waals surface area contributed by atoms with Crippen LogP contribution in [-0.4, -0.2) is 11.5 Å². The van der Waals surface area contributed by atoms with E-state index in [0.29, 0.717) is 0 Å². The van der Waals surface area contributed by atoms with Crippen molar-refractivity contribution >= 4 is 33.9 Å². The standard InChI is InChI=1S/C26H31ClN2/c27-23-14-16-24(17-15-23)29(18-8-2-5-11-21-9-3-1-4-10-21)25-19-22-12-6-7-13-26(22)28-20-25/h6-7,12-17,19-21H,1-5,8-11,18H2. The maximum absolute atomic E-state index is 6.13. The van der Waals surface area contributed by atoms with E-state index in [1.54, 1.807) is 0 Å². The summed E-state index contributed by atoms with van der Waals surface area (Å²) in [6.07, 6.45) is 14.5. The second kappa shape index (κ2) is 10.1. The number of hydrogen-bond donors (Lipinski definition) is 0. The van der Waals surface area contributed by atoms with Crippen LogP contribution in [0.1, 0.15) is 57.8 Å². The van der Waals surface area contributed by atoms with Gasteiger partial charge in [-0.05, 0) is 48.7 Å². The predicted octanol–water partition coefficient (Wildman–Crippen LogP) is 8.17. The Hall–Kier alpha value is -2.06. The highest BCUT2D eigenvalue weighted by atomic mass is 35.5. The van der Waals surface area contributed by atoms with Crippen molar-refractivity contribution in [3.63, 3.8) is 0 Å². The molecule has 0 aliphatic heterocycles. The van der Waals surface area contributed by atoms with Gasteiger partial charge < -0.3 is 4.90 Å². The Labute approximate surface area is 179 Å². The predicted molar refractivity (Wildman–Crippen MR) is 125 cm³/mol. The van der Waals surface area contributed by atoms with Crippen LogP contribution in [0, 0.1) is 5.92 Å². The van der Waals surface area contributed by atoms with Crippen molar-refractivity contribution in [2.75, 3.05) is 11.4 Å². The Morgan fingerprint density at radius 1 is 0.862 bits per heavy atom. The van der Waals surface area contributed by atoms with Crippen molar-refractivity contribution in [2.24, 2.45) is 5.92 Å². The van der Waals surface area contributed by atoms with Gasteiger partial charge in [0.25, 0.3) is 0 Å². The normalized spacial score (nSPS) is 14.9. The summed E-state index contributed by atoms with van der Waals surface area (Å²) in [6.45, 7) is 1.01. The number of fused-ring (bicyclic) bond motifs is 1. The van der Waals surface area contributed by atoms with E-state index >= 15 is 0 Å². The van der Waals surface area contributed by atoms with Crippen molar-refractivity contribution in [1.82, 2.24) is 4.98 Å². The number of nitrogens with zero attached hydrogens (tertiary/aromatic N) is 2. The number of pyridine rings is 1. The van der Waals surface area contributed by atoms with Crippen LogP contribution in [-0.2, 0) is 0 Å². The van der Waals surface area contributed by atoms with Crippen LogP contribution in [0.25, 0.3) is 10.9 Å². The smallest absolute Gasteiger partial charge is 0.0703 e. The number of aromatic nitrogens is 1. The molecule has 0 atom stereocenters. The summed E-state index contributed by atoms with van der Waals surface area (Å²) in [7, 11) is 0. The number of halogens is 1. The Kier molecular flexibility index (Phi) is 7.05. The molecule has 1 aromatic heterocycles. The number of benzene rings is 2. The minimum atomic E-state index is 0.776. The fourth-order valence-electron chi connectivity index (χ4n) is 4.59. The first kappa shape index (κ1) is 20.2. The van der Waals surface area contributed by atoms with Crippen molar-refractivity contribution in [1.29, 1.82) is 0 Å². The molecule has 0 spiro atoms. The number of rotatable bonds is 8. The highest BCUT2D eigenvalue weighted by Crippen LogP contribution is 2.30. The molecule has 152 valence electrons. The van der Waals surface area contributed by atoms with Gasteiger partial charge in [-0.2, -0.15) is 0 Å². The van der Waals surface area contributed by atoms with Gasteiger partial charge in [0.1, 0.15) is 0 Å². The van der Waals surface area contributed by atoms with Gasteiger partial charge in [0.15, 0.2) is 0 Å². The summed E-state index contributed by atoms with van der Waals surface area (Å²) in [5.74, 6) is 0.987. The first-order valence-electron chi connectivity index (χ1n) is 11.2. The summed E-state index contributed by atoms with van der Waals surface area (Å²) >= 11 is 6.13. The summed E-state index contributed by atoms with van der Waals surface area (Å²) in [6, 6.07) is 18.7. The first-order chi connectivity index (χ1) is 14.3. The van der Waals surface area contributed by atoms with E-state index < -0.39 is 0 Å². The molecule has 1 heterocycles. The Morgan fingerprint density at radius 2 is 1.66 bits per heavy atom. The van der Waals surface area contributed by atoms with Gasteiger partial charge in [-0.3, -0.25) is 4.98 Å². The third-order valence-corrected chi connectivity index (χ3v) is 6.50.